The molecule has 0 aliphatic carbocycles. The lowest BCUT2D eigenvalue weighted by Crippen LogP contribution is -2.05. The van der Waals surface area contributed by atoms with Crippen molar-refractivity contribution in [3.8, 4) is 0 Å². The van der Waals surface area contributed by atoms with E-state index in [-0.39, 0.29) is 11.9 Å². The molecule has 0 unspecified atom stereocenters. The normalized spacial score (nSPS) is 11.9. The van der Waals surface area contributed by atoms with Gasteiger partial charge in [-0.3, -0.25) is 4.79 Å². The van der Waals surface area contributed by atoms with E-state index in [0.29, 0.717) is 0 Å². The van der Waals surface area contributed by atoms with Gasteiger partial charge in [0, 0.05) is 29.7 Å². The summed E-state index contributed by atoms with van der Waals surface area (Å²) in [6.45, 7) is 3.43. The van der Waals surface area contributed by atoms with E-state index in [2.05, 4.69) is 10.3 Å². The van der Waals surface area contributed by atoms with Crippen LogP contribution < -0.4 is 11.1 Å². The maximum absolute atomic E-state index is 10.9. The summed E-state index contributed by atoms with van der Waals surface area (Å²) in [5.41, 5.74) is 7.61. The van der Waals surface area contributed by atoms with Crippen LogP contribution in [0.3, 0.4) is 0 Å². The Hall–Kier alpha value is -1.85. The van der Waals surface area contributed by atoms with Gasteiger partial charge in [-0.05, 0) is 42.8 Å². The average molecular weight is 287 g/mol. The molecular formula is C15H17N3OS. The summed E-state index contributed by atoms with van der Waals surface area (Å²) in [5.74, 6) is -0.0708. The molecular weight excluding hydrogens is 270 g/mol. The highest BCUT2D eigenvalue weighted by Gasteiger charge is 2.03. The van der Waals surface area contributed by atoms with Crippen molar-refractivity contribution in [2.24, 2.45) is 5.73 Å². The molecule has 0 aliphatic rings. The first kappa shape index (κ1) is 14.6. The Kier molecular flexibility index (Phi) is 4.76. The van der Waals surface area contributed by atoms with E-state index in [1.165, 1.54) is 6.92 Å². The highest BCUT2D eigenvalue weighted by atomic mass is 32.2. The molecule has 0 radical (unpaired) electrons. The standard InChI is InChI=1S/C15H17N3OS/c1-10(16)12-3-8-15(17-9-12)20-14-6-4-13(5-7-14)18-11(2)19/h3-10H,16H2,1-2H3,(H,18,19)/t10-/m1/s1. The summed E-state index contributed by atoms with van der Waals surface area (Å²) < 4.78 is 0. The van der Waals surface area contributed by atoms with E-state index in [4.69, 9.17) is 5.73 Å². The molecule has 1 amide bonds. The van der Waals surface area contributed by atoms with Gasteiger partial charge in [0.1, 0.15) is 5.03 Å². The van der Waals surface area contributed by atoms with Crippen LogP contribution in [0.4, 0.5) is 5.69 Å². The molecule has 20 heavy (non-hydrogen) atoms. The number of amides is 1. The van der Waals surface area contributed by atoms with Crippen LogP contribution in [0.25, 0.3) is 0 Å². The molecule has 3 N–H and O–H groups in total. The topological polar surface area (TPSA) is 68.0 Å². The quantitative estimate of drug-likeness (QED) is 0.906. The Balaban J connectivity index is 2.04. The minimum atomic E-state index is -0.0708. The van der Waals surface area contributed by atoms with Crippen LogP contribution in [0.5, 0.6) is 0 Å². The first-order valence-electron chi connectivity index (χ1n) is 6.31. The molecule has 0 bridgehead atoms. The summed E-state index contributed by atoms with van der Waals surface area (Å²) in [6, 6.07) is 11.6. The lowest BCUT2D eigenvalue weighted by Gasteiger charge is -2.07. The van der Waals surface area contributed by atoms with Crippen molar-refractivity contribution in [2.75, 3.05) is 5.32 Å². The van der Waals surface area contributed by atoms with Crippen LogP contribution in [0, 0.1) is 0 Å². The molecule has 1 aromatic carbocycles. The van der Waals surface area contributed by atoms with Gasteiger partial charge in [-0.2, -0.15) is 0 Å². The maximum Gasteiger partial charge on any atom is 0.221 e. The smallest absolute Gasteiger partial charge is 0.221 e. The Morgan fingerprint density at radius 2 is 1.95 bits per heavy atom. The molecule has 1 atom stereocenters. The third-order valence-electron chi connectivity index (χ3n) is 2.68. The largest absolute Gasteiger partial charge is 0.326 e. The SMILES string of the molecule is CC(=O)Nc1ccc(Sc2ccc([C@@H](C)N)cn2)cc1. The van der Waals surface area contributed by atoms with Gasteiger partial charge in [-0.25, -0.2) is 4.98 Å². The number of benzene rings is 1. The third-order valence-corrected chi connectivity index (χ3v) is 3.64. The van der Waals surface area contributed by atoms with E-state index in [9.17, 15) is 4.79 Å². The second-order valence-electron chi connectivity index (χ2n) is 4.53. The van der Waals surface area contributed by atoms with E-state index in [1.54, 1.807) is 18.0 Å². The highest BCUT2D eigenvalue weighted by molar-refractivity contribution is 7.99. The summed E-state index contributed by atoms with van der Waals surface area (Å²) in [5, 5.41) is 3.66. The number of hydrogen-bond donors (Lipinski definition) is 2. The number of rotatable bonds is 4. The number of aromatic nitrogens is 1. The van der Waals surface area contributed by atoms with Crippen molar-refractivity contribution in [2.45, 2.75) is 29.8 Å². The van der Waals surface area contributed by atoms with E-state index in [1.807, 2.05) is 43.3 Å². The summed E-state index contributed by atoms with van der Waals surface area (Å²) >= 11 is 1.57. The Bertz CT molecular complexity index is 579. The van der Waals surface area contributed by atoms with Gasteiger partial charge < -0.3 is 11.1 Å². The van der Waals surface area contributed by atoms with Gasteiger partial charge in [-0.15, -0.1) is 0 Å². The number of nitrogens with one attached hydrogen (secondary N) is 1. The van der Waals surface area contributed by atoms with Gasteiger partial charge >= 0.3 is 0 Å². The first-order chi connectivity index (χ1) is 9.54. The van der Waals surface area contributed by atoms with Crippen molar-refractivity contribution in [1.82, 2.24) is 4.98 Å². The summed E-state index contributed by atoms with van der Waals surface area (Å²) in [6.07, 6.45) is 1.80. The van der Waals surface area contributed by atoms with E-state index >= 15 is 0 Å². The van der Waals surface area contributed by atoms with Crippen LogP contribution in [0.1, 0.15) is 25.5 Å². The highest BCUT2D eigenvalue weighted by Crippen LogP contribution is 2.27. The van der Waals surface area contributed by atoms with E-state index in [0.717, 1.165) is 21.2 Å². The van der Waals surface area contributed by atoms with Gasteiger partial charge in [-0.1, -0.05) is 17.8 Å². The molecule has 0 saturated heterocycles. The first-order valence-corrected chi connectivity index (χ1v) is 7.13. The van der Waals surface area contributed by atoms with Crippen molar-refractivity contribution in [3.63, 3.8) is 0 Å². The lowest BCUT2D eigenvalue weighted by atomic mass is 10.2. The Labute approximate surface area is 122 Å². The second-order valence-corrected chi connectivity index (χ2v) is 5.62. The maximum atomic E-state index is 10.9. The summed E-state index contributed by atoms with van der Waals surface area (Å²) in [4.78, 5) is 16.4. The van der Waals surface area contributed by atoms with Crippen LogP contribution in [0.15, 0.2) is 52.5 Å². The van der Waals surface area contributed by atoms with E-state index < -0.39 is 0 Å². The molecule has 0 fully saturated rings. The fourth-order valence-electron chi connectivity index (χ4n) is 1.65. The van der Waals surface area contributed by atoms with Crippen LogP contribution in [-0.2, 0) is 4.79 Å². The molecule has 0 saturated carbocycles. The van der Waals surface area contributed by atoms with Crippen LogP contribution in [0.2, 0.25) is 0 Å². The van der Waals surface area contributed by atoms with Crippen molar-refractivity contribution in [1.29, 1.82) is 0 Å². The average Bonchev–Trinajstić information content (AvgIpc) is 2.41. The predicted molar refractivity (Wildman–Crippen MR) is 81.7 cm³/mol. The molecule has 4 nitrogen and oxygen atoms in total. The zero-order valence-electron chi connectivity index (χ0n) is 11.5. The minimum absolute atomic E-state index is 0.00140. The molecule has 0 aliphatic heterocycles. The fourth-order valence-corrected chi connectivity index (χ4v) is 2.41. The molecule has 2 rings (SSSR count). The van der Waals surface area contributed by atoms with Gasteiger partial charge in [0.05, 0.1) is 0 Å². The fraction of sp³-hybridized carbons (Fsp3) is 0.200. The number of pyridine rings is 1. The molecule has 5 heteroatoms. The third kappa shape index (κ3) is 4.08. The summed E-state index contributed by atoms with van der Waals surface area (Å²) in [7, 11) is 0. The minimum Gasteiger partial charge on any atom is -0.326 e. The zero-order valence-corrected chi connectivity index (χ0v) is 12.3. The van der Waals surface area contributed by atoms with Gasteiger partial charge in [0.2, 0.25) is 5.91 Å². The number of nitrogens with zero attached hydrogens (tertiary/aromatic N) is 1. The molecule has 1 heterocycles. The number of anilines is 1. The van der Waals surface area contributed by atoms with Crippen molar-refractivity contribution >= 4 is 23.4 Å². The van der Waals surface area contributed by atoms with Crippen molar-refractivity contribution < 1.29 is 4.79 Å². The predicted octanol–water partition coefficient (Wildman–Crippen LogP) is 3.21. The number of hydrogen-bond acceptors (Lipinski definition) is 4. The molecule has 2 aromatic rings. The monoisotopic (exact) mass is 287 g/mol. The molecule has 104 valence electrons. The van der Waals surface area contributed by atoms with Crippen LogP contribution >= 0.6 is 11.8 Å². The van der Waals surface area contributed by atoms with Gasteiger partial charge in [0.25, 0.3) is 0 Å². The van der Waals surface area contributed by atoms with Crippen molar-refractivity contribution in [3.05, 3.63) is 48.2 Å². The van der Waals surface area contributed by atoms with Gasteiger partial charge in [0.15, 0.2) is 0 Å². The molecule has 0 spiro atoms. The number of nitrogens with two attached hydrogens (primary N) is 1. The number of carbonyl (C=O) groups is 1. The number of carbonyl (C=O) groups excluding carboxylic acids is 1. The lowest BCUT2D eigenvalue weighted by molar-refractivity contribution is -0.114. The zero-order chi connectivity index (χ0) is 14.5. The molecule has 1 aromatic heterocycles. The Morgan fingerprint density at radius 1 is 1.25 bits per heavy atom. The van der Waals surface area contributed by atoms with Crippen LogP contribution in [-0.4, -0.2) is 10.9 Å². The Morgan fingerprint density at radius 3 is 2.45 bits per heavy atom. The second kappa shape index (κ2) is 6.54.